The standard InChI is InChI=1S/C10H23NO2/c1-9(2)4-6-11-7-5-10(12)8-13-3/h9-12H,4-8H2,1-3H3. The average molecular weight is 189 g/mol. The second kappa shape index (κ2) is 8.48. The molecule has 0 bridgehead atoms. The zero-order chi connectivity index (χ0) is 10.1. The summed E-state index contributed by atoms with van der Waals surface area (Å²) < 4.78 is 4.82. The molecule has 0 heterocycles. The van der Waals surface area contributed by atoms with Crippen molar-refractivity contribution in [2.24, 2.45) is 5.92 Å². The lowest BCUT2D eigenvalue weighted by Gasteiger charge is -2.10. The van der Waals surface area contributed by atoms with Gasteiger partial charge < -0.3 is 15.2 Å². The van der Waals surface area contributed by atoms with Crippen LogP contribution in [-0.2, 0) is 4.74 Å². The van der Waals surface area contributed by atoms with Gasteiger partial charge in [0.2, 0.25) is 0 Å². The molecule has 80 valence electrons. The van der Waals surface area contributed by atoms with Gasteiger partial charge in [-0.15, -0.1) is 0 Å². The van der Waals surface area contributed by atoms with Gasteiger partial charge in [0.25, 0.3) is 0 Å². The SMILES string of the molecule is COCC(O)CCNCCC(C)C. The predicted octanol–water partition coefficient (Wildman–Crippen LogP) is 1.02. The fourth-order valence-corrected chi connectivity index (χ4v) is 1.06. The molecule has 3 nitrogen and oxygen atoms in total. The third kappa shape index (κ3) is 9.80. The van der Waals surface area contributed by atoms with Gasteiger partial charge in [0.1, 0.15) is 0 Å². The number of ether oxygens (including phenoxy) is 1. The fraction of sp³-hybridized carbons (Fsp3) is 1.00. The maximum atomic E-state index is 9.29. The van der Waals surface area contributed by atoms with Crippen molar-refractivity contribution in [1.29, 1.82) is 0 Å². The van der Waals surface area contributed by atoms with Crippen molar-refractivity contribution in [1.82, 2.24) is 5.32 Å². The average Bonchev–Trinajstić information content (AvgIpc) is 2.03. The molecule has 0 amide bonds. The molecule has 0 aromatic carbocycles. The van der Waals surface area contributed by atoms with Crippen molar-refractivity contribution in [3.8, 4) is 0 Å². The first-order valence-corrected chi connectivity index (χ1v) is 5.04. The Morgan fingerprint density at radius 3 is 2.38 bits per heavy atom. The van der Waals surface area contributed by atoms with Crippen molar-refractivity contribution in [2.75, 3.05) is 26.8 Å². The van der Waals surface area contributed by atoms with Crippen molar-refractivity contribution in [3.05, 3.63) is 0 Å². The Morgan fingerprint density at radius 2 is 1.85 bits per heavy atom. The number of hydrogen-bond acceptors (Lipinski definition) is 3. The van der Waals surface area contributed by atoms with Crippen LogP contribution in [0.5, 0.6) is 0 Å². The second-order valence-electron chi connectivity index (χ2n) is 3.83. The molecule has 0 aliphatic heterocycles. The van der Waals surface area contributed by atoms with Gasteiger partial charge in [-0.25, -0.2) is 0 Å². The van der Waals surface area contributed by atoms with E-state index in [1.807, 2.05) is 0 Å². The van der Waals surface area contributed by atoms with Crippen molar-refractivity contribution < 1.29 is 9.84 Å². The third-order valence-corrected chi connectivity index (χ3v) is 1.91. The number of hydrogen-bond donors (Lipinski definition) is 2. The lowest BCUT2D eigenvalue weighted by molar-refractivity contribution is 0.0594. The molecule has 0 saturated heterocycles. The first kappa shape index (κ1) is 12.9. The Bertz CT molecular complexity index is 107. The van der Waals surface area contributed by atoms with Crippen LogP contribution in [0.3, 0.4) is 0 Å². The molecular weight excluding hydrogens is 166 g/mol. The number of nitrogens with one attached hydrogen (secondary N) is 1. The minimum absolute atomic E-state index is 0.323. The van der Waals surface area contributed by atoms with Crippen LogP contribution in [0.2, 0.25) is 0 Å². The van der Waals surface area contributed by atoms with Crippen LogP contribution in [0.25, 0.3) is 0 Å². The summed E-state index contributed by atoms with van der Waals surface area (Å²) in [5.41, 5.74) is 0. The quantitative estimate of drug-likeness (QED) is 0.560. The van der Waals surface area contributed by atoms with Gasteiger partial charge in [-0.2, -0.15) is 0 Å². The molecule has 0 spiro atoms. The van der Waals surface area contributed by atoms with E-state index >= 15 is 0 Å². The summed E-state index contributed by atoms with van der Waals surface area (Å²) >= 11 is 0. The predicted molar refractivity (Wildman–Crippen MR) is 54.8 cm³/mol. The van der Waals surface area contributed by atoms with Crippen LogP contribution in [-0.4, -0.2) is 38.0 Å². The van der Waals surface area contributed by atoms with Crippen molar-refractivity contribution in [2.45, 2.75) is 32.8 Å². The molecule has 1 unspecified atom stereocenters. The Morgan fingerprint density at radius 1 is 1.23 bits per heavy atom. The molecule has 13 heavy (non-hydrogen) atoms. The molecule has 2 N–H and O–H groups in total. The summed E-state index contributed by atoms with van der Waals surface area (Å²) in [6, 6.07) is 0. The van der Waals surface area contributed by atoms with Crippen molar-refractivity contribution >= 4 is 0 Å². The zero-order valence-corrected chi connectivity index (χ0v) is 9.05. The molecule has 1 atom stereocenters. The highest BCUT2D eigenvalue weighted by Gasteiger charge is 2.01. The first-order chi connectivity index (χ1) is 6.16. The highest BCUT2D eigenvalue weighted by molar-refractivity contribution is 4.57. The maximum absolute atomic E-state index is 9.29. The summed E-state index contributed by atoms with van der Waals surface area (Å²) in [5, 5.41) is 12.6. The smallest absolute Gasteiger partial charge is 0.0785 e. The normalized spacial score (nSPS) is 13.6. The molecule has 0 aliphatic carbocycles. The van der Waals surface area contributed by atoms with E-state index in [1.165, 1.54) is 6.42 Å². The van der Waals surface area contributed by atoms with E-state index in [4.69, 9.17) is 4.74 Å². The monoisotopic (exact) mass is 189 g/mol. The van der Waals surface area contributed by atoms with E-state index in [9.17, 15) is 5.11 Å². The highest BCUT2D eigenvalue weighted by atomic mass is 16.5. The van der Waals surface area contributed by atoms with E-state index in [0.717, 1.165) is 25.4 Å². The van der Waals surface area contributed by atoms with E-state index < -0.39 is 0 Å². The zero-order valence-electron chi connectivity index (χ0n) is 9.05. The lowest BCUT2D eigenvalue weighted by Crippen LogP contribution is -2.24. The second-order valence-corrected chi connectivity index (χ2v) is 3.83. The third-order valence-electron chi connectivity index (χ3n) is 1.91. The number of aliphatic hydroxyl groups excluding tert-OH is 1. The van der Waals surface area contributed by atoms with Gasteiger partial charge in [-0.1, -0.05) is 13.8 Å². The minimum atomic E-state index is -0.323. The summed E-state index contributed by atoms with van der Waals surface area (Å²) in [5.74, 6) is 0.747. The largest absolute Gasteiger partial charge is 0.391 e. The summed E-state index contributed by atoms with van der Waals surface area (Å²) in [4.78, 5) is 0. The van der Waals surface area contributed by atoms with Crippen LogP contribution >= 0.6 is 0 Å². The van der Waals surface area contributed by atoms with E-state index in [2.05, 4.69) is 19.2 Å². The van der Waals surface area contributed by atoms with E-state index in [-0.39, 0.29) is 6.10 Å². The molecule has 0 saturated carbocycles. The summed E-state index contributed by atoms with van der Waals surface area (Å²) in [6.07, 6.45) is 1.64. The molecule has 0 aliphatic rings. The molecule has 0 radical (unpaired) electrons. The van der Waals surface area contributed by atoms with Crippen LogP contribution < -0.4 is 5.32 Å². The van der Waals surface area contributed by atoms with Crippen molar-refractivity contribution in [3.63, 3.8) is 0 Å². The molecule has 0 aromatic rings. The van der Waals surface area contributed by atoms with Crippen LogP contribution in [0.1, 0.15) is 26.7 Å². The molecule has 0 fully saturated rings. The highest BCUT2D eigenvalue weighted by Crippen LogP contribution is 1.96. The Kier molecular flexibility index (Phi) is 8.40. The maximum Gasteiger partial charge on any atom is 0.0785 e. The number of methoxy groups -OCH3 is 1. The molecule has 3 heteroatoms. The lowest BCUT2D eigenvalue weighted by atomic mass is 10.1. The van der Waals surface area contributed by atoms with E-state index in [1.54, 1.807) is 7.11 Å². The number of rotatable bonds is 8. The minimum Gasteiger partial charge on any atom is -0.391 e. The summed E-state index contributed by atoms with van der Waals surface area (Å²) in [7, 11) is 1.61. The van der Waals surface area contributed by atoms with E-state index in [0.29, 0.717) is 6.61 Å². The van der Waals surface area contributed by atoms with Gasteiger partial charge in [0.15, 0.2) is 0 Å². The topological polar surface area (TPSA) is 41.5 Å². The fourth-order valence-electron chi connectivity index (χ4n) is 1.06. The molecule has 0 aromatic heterocycles. The first-order valence-electron chi connectivity index (χ1n) is 5.04. The molecule has 0 rings (SSSR count). The summed E-state index contributed by atoms with van der Waals surface area (Å²) in [6.45, 7) is 6.77. The van der Waals surface area contributed by atoms with Gasteiger partial charge >= 0.3 is 0 Å². The number of aliphatic hydroxyl groups is 1. The van der Waals surface area contributed by atoms with Crippen LogP contribution in [0.15, 0.2) is 0 Å². The van der Waals surface area contributed by atoms with Crippen LogP contribution in [0, 0.1) is 5.92 Å². The Hall–Kier alpha value is -0.120. The Balaban J connectivity index is 3.06. The Labute approximate surface area is 81.5 Å². The van der Waals surface area contributed by atoms with Gasteiger partial charge in [0.05, 0.1) is 12.7 Å². The van der Waals surface area contributed by atoms with Gasteiger partial charge in [-0.05, 0) is 31.8 Å². The van der Waals surface area contributed by atoms with Crippen LogP contribution in [0.4, 0.5) is 0 Å². The van der Waals surface area contributed by atoms with Gasteiger partial charge in [-0.3, -0.25) is 0 Å². The van der Waals surface area contributed by atoms with Gasteiger partial charge in [0, 0.05) is 7.11 Å². The molecular formula is C10H23NO2.